The van der Waals surface area contributed by atoms with Crippen molar-refractivity contribution in [3.63, 3.8) is 0 Å². The van der Waals surface area contributed by atoms with Gasteiger partial charge in [-0.3, -0.25) is 4.68 Å². The normalized spacial score (nSPS) is 15.5. The third kappa shape index (κ3) is 4.37. The van der Waals surface area contributed by atoms with Gasteiger partial charge in [-0.2, -0.15) is 5.10 Å². The van der Waals surface area contributed by atoms with Gasteiger partial charge in [0.15, 0.2) is 0 Å². The summed E-state index contributed by atoms with van der Waals surface area (Å²) in [7, 11) is 3.19. The van der Waals surface area contributed by atoms with Crippen LogP contribution in [0.3, 0.4) is 0 Å². The Balaban J connectivity index is 1.70. The first-order valence-corrected chi connectivity index (χ1v) is 9.47. The summed E-state index contributed by atoms with van der Waals surface area (Å²) in [5, 5.41) is 8.83. The van der Waals surface area contributed by atoms with E-state index in [4.69, 9.17) is 9.47 Å². The van der Waals surface area contributed by atoms with Gasteiger partial charge in [0.1, 0.15) is 11.1 Å². The number of nitrogens with one attached hydrogen (secondary N) is 1. The van der Waals surface area contributed by atoms with Crippen LogP contribution < -0.4 is 5.32 Å². The Morgan fingerprint density at radius 2 is 1.89 bits per heavy atom. The molecule has 1 aromatic carbocycles. The van der Waals surface area contributed by atoms with Gasteiger partial charge in [-0.25, -0.2) is 9.59 Å². The SMILES string of the molecule is COC(=O)c1ccc(NC2CCN(C(=O)OC(C)(C)C)CC2)c2cn(C)nc12. The van der Waals surface area contributed by atoms with Crippen molar-refractivity contribution in [1.82, 2.24) is 14.7 Å². The molecule has 0 bridgehead atoms. The zero-order valence-corrected chi connectivity index (χ0v) is 17.1. The molecule has 0 atom stereocenters. The molecule has 0 saturated carbocycles. The molecular formula is C20H28N4O4. The molecule has 0 spiro atoms. The van der Waals surface area contributed by atoms with Gasteiger partial charge in [-0.15, -0.1) is 0 Å². The van der Waals surface area contributed by atoms with Crippen molar-refractivity contribution in [2.24, 2.45) is 7.05 Å². The number of hydrogen-bond acceptors (Lipinski definition) is 6. The van der Waals surface area contributed by atoms with E-state index in [2.05, 4.69) is 10.4 Å². The summed E-state index contributed by atoms with van der Waals surface area (Å²) in [5.41, 5.74) is 1.50. The highest BCUT2D eigenvalue weighted by Crippen LogP contribution is 2.28. The molecule has 0 unspecified atom stereocenters. The number of carbonyl (C=O) groups excluding carboxylic acids is 2. The van der Waals surface area contributed by atoms with Crippen LogP contribution in [0.5, 0.6) is 0 Å². The average molecular weight is 388 g/mol. The molecular weight excluding hydrogens is 360 g/mol. The maximum Gasteiger partial charge on any atom is 0.410 e. The summed E-state index contributed by atoms with van der Waals surface area (Å²) < 4.78 is 12.0. The molecule has 152 valence electrons. The molecule has 0 radical (unpaired) electrons. The second-order valence-corrected chi connectivity index (χ2v) is 8.10. The van der Waals surface area contributed by atoms with E-state index >= 15 is 0 Å². The number of ether oxygens (including phenoxy) is 2. The molecule has 1 fully saturated rings. The Kier molecular flexibility index (Phi) is 5.49. The Morgan fingerprint density at radius 1 is 1.21 bits per heavy atom. The number of esters is 1. The molecule has 1 aliphatic heterocycles. The molecule has 2 aromatic rings. The first-order valence-electron chi connectivity index (χ1n) is 9.47. The molecule has 1 saturated heterocycles. The predicted molar refractivity (Wildman–Crippen MR) is 107 cm³/mol. The summed E-state index contributed by atoms with van der Waals surface area (Å²) in [6.07, 6.45) is 3.27. The zero-order valence-electron chi connectivity index (χ0n) is 17.1. The van der Waals surface area contributed by atoms with E-state index in [1.165, 1.54) is 7.11 Å². The minimum Gasteiger partial charge on any atom is -0.465 e. The van der Waals surface area contributed by atoms with Gasteiger partial charge < -0.3 is 19.7 Å². The van der Waals surface area contributed by atoms with Gasteiger partial charge in [-0.05, 0) is 45.7 Å². The van der Waals surface area contributed by atoms with Crippen LogP contribution in [0.15, 0.2) is 18.3 Å². The lowest BCUT2D eigenvalue weighted by atomic mass is 10.0. The van der Waals surface area contributed by atoms with Crippen LogP contribution in [0.2, 0.25) is 0 Å². The predicted octanol–water partition coefficient (Wildman–Crippen LogP) is 3.17. The Bertz CT molecular complexity index is 876. The van der Waals surface area contributed by atoms with E-state index in [-0.39, 0.29) is 12.1 Å². The fourth-order valence-corrected chi connectivity index (χ4v) is 3.37. The lowest BCUT2D eigenvalue weighted by molar-refractivity contribution is 0.0210. The van der Waals surface area contributed by atoms with Crippen molar-refractivity contribution in [2.45, 2.75) is 45.3 Å². The van der Waals surface area contributed by atoms with Gasteiger partial charge >= 0.3 is 12.1 Å². The van der Waals surface area contributed by atoms with E-state index in [9.17, 15) is 9.59 Å². The second-order valence-electron chi connectivity index (χ2n) is 8.10. The summed E-state index contributed by atoms with van der Waals surface area (Å²) >= 11 is 0. The number of fused-ring (bicyclic) bond motifs is 1. The highest BCUT2D eigenvalue weighted by molar-refractivity contribution is 6.06. The highest BCUT2D eigenvalue weighted by Gasteiger charge is 2.27. The fourth-order valence-electron chi connectivity index (χ4n) is 3.37. The number of hydrogen-bond donors (Lipinski definition) is 1. The minimum absolute atomic E-state index is 0.228. The van der Waals surface area contributed by atoms with Gasteiger partial charge in [0.2, 0.25) is 0 Å². The molecule has 28 heavy (non-hydrogen) atoms. The third-order valence-electron chi connectivity index (χ3n) is 4.70. The molecule has 1 N–H and O–H groups in total. The Hall–Kier alpha value is -2.77. The number of rotatable bonds is 3. The van der Waals surface area contributed by atoms with E-state index in [1.807, 2.05) is 40.1 Å². The van der Waals surface area contributed by atoms with Gasteiger partial charge in [0, 0.05) is 43.4 Å². The maximum absolute atomic E-state index is 12.2. The molecule has 8 heteroatoms. The van der Waals surface area contributed by atoms with E-state index in [1.54, 1.807) is 15.6 Å². The molecule has 2 heterocycles. The summed E-state index contributed by atoms with van der Waals surface area (Å²) in [5.74, 6) is -0.402. The number of aryl methyl sites for hydroxylation is 1. The van der Waals surface area contributed by atoms with Crippen molar-refractivity contribution >= 4 is 28.7 Å². The summed E-state index contributed by atoms with van der Waals surface area (Å²) in [6, 6.07) is 3.85. The number of anilines is 1. The fraction of sp³-hybridized carbons (Fsp3) is 0.550. The van der Waals surface area contributed by atoms with Crippen molar-refractivity contribution in [3.05, 3.63) is 23.9 Å². The molecule has 8 nitrogen and oxygen atoms in total. The number of amides is 1. The summed E-state index contributed by atoms with van der Waals surface area (Å²) in [4.78, 5) is 26.0. The minimum atomic E-state index is -0.487. The molecule has 1 aliphatic rings. The summed E-state index contributed by atoms with van der Waals surface area (Å²) in [6.45, 7) is 6.90. The topological polar surface area (TPSA) is 85.7 Å². The van der Waals surface area contributed by atoms with Crippen LogP contribution in [-0.4, -0.2) is 58.6 Å². The number of methoxy groups -OCH3 is 1. The van der Waals surface area contributed by atoms with Crippen LogP contribution >= 0.6 is 0 Å². The van der Waals surface area contributed by atoms with Crippen LogP contribution in [0.4, 0.5) is 10.5 Å². The first-order chi connectivity index (χ1) is 13.2. The zero-order chi connectivity index (χ0) is 20.5. The first kappa shape index (κ1) is 20.0. The third-order valence-corrected chi connectivity index (χ3v) is 4.70. The van der Waals surface area contributed by atoms with Gasteiger partial charge in [0.25, 0.3) is 0 Å². The average Bonchev–Trinajstić information content (AvgIpc) is 3.02. The van der Waals surface area contributed by atoms with Crippen molar-refractivity contribution in [3.8, 4) is 0 Å². The largest absolute Gasteiger partial charge is 0.465 e. The number of aromatic nitrogens is 2. The number of nitrogens with zero attached hydrogens (tertiary/aromatic N) is 3. The van der Waals surface area contributed by atoms with Gasteiger partial charge in [-0.1, -0.05) is 0 Å². The lowest BCUT2D eigenvalue weighted by Crippen LogP contribution is -2.44. The molecule has 1 amide bonds. The number of likely N-dealkylation sites (tertiary alicyclic amines) is 1. The monoisotopic (exact) mass is 388 g/mol. The smallest absolute Gasteiger partial charge is 0.410 e. The van der Waals surface area contributed by atoms with Crippen molar-refractivity contribution < 1.29 is 19.1 Å². The standard InChI is InChI=1S/C20H28N4O4/c1-20(2,3)28-19(26)24-10-8-13(9-11-24)21-16-7-6-14(18(25)27-5)17-15(16)12-23(4)22-17/h6-7,12-13,21H,8-11H2,1-5H3. The van der Waals surface area contributed by atoms with Crippen LogP contribution in [0.25, 0.3) is 10.9 Å². The molecule has 0 aliphatic carbocycles. The van der Waals surface area contributed by atoms with Crippen LogP contribution in [-0.2, 0) is 16.5 Å². The van der Waals surface area contributed by atoms with Gasteiger partial charge in [0.05, 0.1) is 12.7 Å². The second kappa shape index (κ2) is 7.69. The molecule has 1 aromatic heterocycles. The Labute approximate surface area is 164 Å². The van der Waals surface area contributed by atoms with E-state index < -0.39 is 11.6 Å². The maximum atomic E-state index is 12.2. The van der Waals surface area contributed by atoms with Crippen molar-refractivity contribution in [2.75, 3.05) is 25.5 Å². The van der Waals surface area contributed by atoms with Crippen molar-refractivity contribution in [1.29, 1.82) is 0 Å². The number of carbonyl (C=O) groups is 2. The van der Waals surface area contributed by atoms with Crippen LogP contribution in [0.1, 0.15) is 44.0 Å². The van der Waals surface area contributed by atoms with E-state index in [0.29, 0.717) is 24.2 Å². The molecule has 3 rings (SSSR count). The highest BCUT2D eigenvalue weighted by atomic mass is 16.6. The lowest BCUT2D eigenvalue weighted by Gasteiger charge is -2.34. The number of piperidine rings is 1. The Morgan fingerprint density at radius 3 is 2.50 bits per heavy atom. The van der Waals surface area contributed by atoms with Crippen LogP contribution in [0, 0.1) is 0 Å². The van der Waals surface area contributed by atoms with E-state index in [0.717, 1.165) is 23.9 Å². The quantitative estimate of drug-likeness (QED) is 0.813. The number of benzene rings is 1.